The van der Waals surface area contributed by atoms with Crippen LogP contribution in [0.25, 0.3) is 22.5 Å². The van der Waals surface area contributed by atoms with Crippen LogP contribution < -0.4 is 0 Å². The summed E-state index contributed by atoms with van der Waals surface area (Å²) in [6.45, 7) is 0. The summed E-state index contributed by atoms with van der Waals surface area (Å²) in [5, 5.41) is 6.71. The second-order valence-electron chi connectivity index (χ2n) is 4.00. The highest BCUT2D eigenvalue weighted by atomic mass is 19.2. The number of aromatic amines is 1. The Labute approximate surface area is 107 Å². The largest absolute Gasteiger partial charge is 0.278 e. The molecule has 0 bridgehead atoms. The van der Waals surface area contributed by atoms with Crippen LogP contribution in [-0.2, 0) is 0 Å². The molecule has 94 valence electrons. The number of hydrogen-bond donors (Lipinski definition) is 1. The van der Waals surface area contributed by atoms with E-state index in [2.05, 4.69) is 15.2 Å². The lowest BCUT2D eigenvalue weighted by atomic mass is 10.0. The van der Waals surface area contributed by atoms with Crippen LogP contribution in [0.4, 0.5) is 8.78 Å². The van der Waals surface area contributed by atoms with Gasteiger partial charge in [-0.1, -0.05) is 0 Å². The maximum Gasteiger partial charge on any atom is 0.159 e. The Balaban J connectivity index is 2.17. The van der Waals surface area contributed by atoms with Gasteiger partial charge in [0.2, 0.25) is 0 Å². The van der Waals surface area contributed by atoms with Crippen LogP contribution in [0.3, 0.4) is 0 Å². The van der Waals surface area contributed by atoms with Gasteiger partial charge in [-0.15, -0.1) is 0 Å². The van der Waals surface area contributed by atoms with Crippen molar-refractivity contribution in [2.24, 2.45) is 0 Å². The molecule has 3 nitrogen and oxygen atoms in total. The lowest BCUT2D eigenvalue weighted by molar-refractivity contribution is 0.509. The van der Waals surface area contributed by atoms with Gasteiger partial charge in [-0.25, -0.2) is 8.78 Å². The second-order valence-corrected chi connectivity index (χ2v) is 4.00. The Hall–Kier alpha value is -2.56. The Bertz CT molecular complexity index is 708. The molecule has 0 aliphatic carbocycles. The predicted octanol–water partition coefficient (Wildman–Crippen LogP) is 3.42. The normalized spacial score (nSPS) is 10.6. The van der Waals surface area contributed by atoms with Crippen LogP contribution >= 0.6 is 0 Å². The van der Waals surface area contributed by atoms with E-state index in [9.17, 15) is 8.78 Å². The number of pyridine rings is 1. The van der Waals surface area contributed by atoms with Gasteiger partial charge in [-0.3, -0.25) is 10.1 Å². The first-order valence-electron chi connectivity index (χ1n) is 5.66. The van der Waals surface area contributed by atoms with Crippen LogP contribution in [0.15, 0.2) is 48.8 Å². The summed E-state index contributed by atoms with van der Waals surface area (Å²) in [7, 11) is 0. The highest BCUT2D eigenvalue weighted by Crippen LogP contribution is 2.29. The molecular formula is C14H9F2N3. The van der Waals surface area contributed by atoms with Crippen molar-refractivity contribution in [3.05, 3.63) is 60.4 Å². The Kier molecular flexibility index (Phi) is 2.79. The molecule has 1 aromatic carbocycles. The molecule has 0 fully saturated rings. The van der Waals surface area contributed by atoms with E-state index in [4.69, 9.17) is 0 Å². The average molecular weight is 257 g/mol. The third-order valence-electron chi connectivity index (χ3n) is 2.79. The van der Waals surface area contributed by atoms with Gasteiger partial charge in [-0.05, 0) is 36.4 Å². The SMILES string of the molecule is Fc1ccc(-c2ncccc2-c2ccn[nH]2)cc1F. The summed E-state index contributed by atoms with van der Waals surface area (Å²) in [4.78, 5) is 4.24. The van der Waals surface area contributed by atoms with Crippen LogP contribution in [0.5, 0.6) is 0 Å². The molecule has 2 aromatic heterocycles. The fourth-order valence-electron chi connectivity index (χ4n) is 1.90. The van der Waals surface area contributed by atoms with E-state index in [-0.39, 0.29) is 0 Å². The first-order valence-corrected chi connectivity index (χ1v) is 5.66. The zero-order valence-electron chi connectivity index (χ0n) is 9.77. The summed E-state index contributed by atoms with van der Waals surface area (Å²) >= 11 is 0. The molecule has 0 spiro atoms. The van der Waals surface area contributed by atoms with Crippen molar-refractivity contribution in [2.45, 2.75) is 0 Å². The first-order chi connectivity index (χ1) is 9.25. The summed E-state index contributed by atoms with van der Waals surface area (Å²) in [5.41, 5.74) is 2.65. The van der Waals surface area contributed by atoms with Gasteiger partial charge in [0, 0.05) is 23.5 Å². The van der Waals surface area contributed by atoms with E-state index in [0.717, 1.165) is 23.4 Å². The molecule has 0 aliphatic heterocycles. The van der Waals surface area contributed by atoms with Crippen LogP contribution in [0, 0.1) is 11.6 Å². The van der Waals surface area contributed by atoms with Crippen molar-refractivity contribution in [1.29, 1.82) is 0 Å². The molecule has 1 N–H and O–H groups in total. The second kappa shape index (κ2) is 4.61. The third-order valence-corrected chi connectivity index (χ3v) is 2.79. The van der Waals surface area contributed by atoms with Crippen LogP contribution in [0.2, 0.25) is 0 Å². The molecule has 0 saturated heterocycles. The third kappa shape index (κ3) is 2.10. The zero-order valence-corrected chi connectivity index (χ0v) is 9.77. The monoisotopic (exact) mass is 257 g/mol. The van der Waals surface area contributed by atoms with Crippen molar-refractivity contribution < 1.29 is 8.78 Å². The minimum Gasteiger partial charge on any atom is -0.278 e. The van der Waals surface area contributed by atoms with Crippen molar-refractivity contribution >= 4 is 0 Å². The van der Waals surface area contributed by atoms with E-state index in [1.165, 1.54) is 6.07 Å². The summed E-state index contributed by atoms with van der Waals surface area (Å²) in [6.07, 6.45) is 3.23. The molecule has 0 amide bonds. The van der Waals surface area contributed by atoms with Crippen molar-refractivity contribution in [1.82, 2.24) is 15.2 Å². The molecule has 3 rings (SSSR count). The highest BCUT2D eigenvalue weighted by molar-refractivity contribution is 5.78. The fourth-order valence-corrected chi connectivity index (χ4v) is 1.90. The molecule has 0 unspecified atom stereocenters. The lowest BCUT2D eigenvalue weighted by Crippen LogP contribution is -1.91. The van der Waals surface area contributed by atoms with Gasteiger partial charge >= 0.3 is 0 Å². The summed E-state index contributed by atoms with van der Waals surface area (Å²) < 4.78 is 26.3. The standard InChI is InChI=1S/C14H9F2N3/c15-11-4-3-9(8-12(11)16)14-10(2-1-6-17-14)13-5-7-18-19-13/h1-8H,(H,18,19). The molecule has 0 aliphatic rings. The molecule has 2 heterocycles. The molecular weight excluding hydrogens is 248 g/mol. The molecule has 19 heavy (non-hydrogen) atoms. The smallest absolute Gasteiger partial charge is 0.159 e. The summed E-state index contributed by atoms with van der Waals surface area (Å²) in [6, 6.07) is 9.14. The number of halogens is 2. The maximum atomic E-state index is 13.3. The minimum atomic E-state index is -0.890. The Morgan fingerprint density at radius 1 is 0.947 bits per heavy atom. The van der Waals surface area contributed by atoms with Gasteiger partial charge in [0.25, 0.3) is 0 Å². The highest BCUT2D eigenvalue weighted by Gasteiger charge is 2.11. The van der Waals surface area contributed by atoms with Crippen LogP contribution in [0.1, 0.15) is 0 Å². The zero-order chi connectivity index (χ0) is 13.2. The predicted molar refractivity (Wildman–Crippen MR) is 67.2 cm³/mol. The van der Waals surface area contributed by atoms with E-state index in [1.54, 1.807) is 24.5 Å². The number of nitrogens with one attached hydrogen (secondary N) is 1. The van der Waals surface area contributed by atoms with E-state index in [0.29, 0.717) is 11.3 Å². The quantitative estimate of drug-likeness (QED) is 0.764. The van der Waals surface area contributed by atoms with E-state index < -0.39 is 11.6 Å². The molecule has 0 atom stereocenters. The number of aromatic nitrogens is 3. The van der Waals surface area contributed by atoms with E-state index in [1.807, 2.05) is 6.07 Å². The van der Waals surface area contributed by atoms with Crippen molar-refractivity contribution in [2.75, 3.05) is 0 Å². The molecule has 0 saturated carbocycles. The Morgan fingerprint density at radius 3 is 2.58 bits per heavy atom. The number of nitrogens with zero attached hydrogens (tertiary/aromatic N) is 2. The first kappa shape index (κ1) is 11.5. The number of benzene rings is 1. The molecule has 5 heteroatoms. The lowest BCUT2D eigenvalue weighted by Gasteiger charge is -2.07. The Morgan fingerprint density at radius 2 is 1.84 bits per heavy atom. The van der Waals surface area contributed by atoms with Crippen molar-refractivity contribution in [3.8, 4) is 22.5 Å². The minimum absolute atomic E-state index is 0.518. The molecule has 3 aromatic rings. The van der Waals surface area contributed by atoms with Gasteiger partial charge in [-0.2, -0.15) is 5.10 Å². The maximum absolute atomic E-state index is 13.3. The number of hydrogen-bond acceptors (Lipinski definition) is 2. The number of rotatable bonds is 2. The van der Waals surface area contributed by atoms with Gasteiger partial charge in [0.15, 0.2) is 11.6 Å². The summed E-state index contributed by atoms with van der Waals surface area (Å²) in [5.74, 6) is -1.76. The van der Waals surface area contributed by atoms with Crippen molar-refractivity contribution in [3.63, 3.8) is 0 Å². The number of H-pyrrole nitrogens is 1. The fraction of sp³-hybridized carbons (Fsp3) is 0. The average Bonchev–Trinajstić information content (AvgIpc) is 2.96. The van der Waals surface area contributed by atoms with Gasteiger partial charge in [0.1, 0.15) is 0 Å². The molecule has 0 radical (unpaired) electrons. The van der Waals surface area contributed by atoms with Gasteiger partial charge < -0.3 is 0 Å². The van der Waals surface area contributed by atoms with Crippen LogP contribution in [-0.4, -0.2) is 15.2 Å². The van der Waals surface area contributed by atoms with Gasteiger partial charge in [0.05, 0.1) is 11.4 Å². The van der Waals surface area contributed by atoms with E-state index >= 15 is 0 Å². The topological polar surface area (TPSA) is 41.6 Å².